The molecular weight excluding hydrogens is 368 g/mol. The topological polar surface area (TPSA) is 54.0 Å². The Morgan fingerprint density at radius 1 is 0.931 bits per heavy atom. The van der Waals surface area contributed by atoms with Crippen LogP contribution in [0.1, 0.15) is 17.5 Å². The second kappa shape index (κ2) is 8.36. The molecule has 5 nitrogen and oxygen atoms in total. The molecule has 2 heterocycles. The first-order chi connectivity index (χ1) is 14.3. The Kier molecular flexibility index (Phi) is 5.46. The number of hydrogen-bond acceptors (Lipinski definition) is 5. The Labute approximate surface area is 170 Å². The smallest absolute Gasteiger partial charge is 0.162 e. The zero-order valence-electron chi connectivity index (χ0n) is 16.3. The molecule has 0 aromatic heterocycles. The van der Waals surface area contributed by atoms with Gasteiger partial charge in [0, 0.05) is 12.3 Å². The van der Waals surface area contributed by atoms with Gasteiger partial charge in [-0.3, -0.25) is 4.79 Å². The summed E-state index contributed by atoms with van der Waals surface area (Å²) in [6.45, 7) is 1.93. The van der Waals surface area contributed by atoms with Gasteiger partial charge >= 0.3 is 0 Å². The second-order valence-electron chi connectivity index (χ2n) is 8.17. The Hall–Kier alpha value is -2.05. The number of carbonyl (C=O) groups excluding carboxylic acids is 1. The molecule has 2 aliphatic heterocycles. The third kappa shape index (κ3) is 3.88. The molecule has 29 heavy (non-hydrogen) atoms. The van der Waals surface area contributed by atoms with E-state index in [4.69, 9.17) is 18.9 Å². The van der Waals surface area contributed by atoms with Crippen molar-refractivity contribution >= 4 is 5.78 Å². The van der Waals surface area contributed by atoms with Crippen LogP contribution in [-0.4, -0.2) is 37.5 Å². The lowest BCUT2D eigenvalue weighted by Gasteiger charge is -2.41. The van der Waals surface area contributed by atoms with Gasteiger partial charge in [0.15, 0.2) is 6.29 Å². The molecule has 0 unspecified atom stereocenters. The minimum atomic E-state index is -0.325. The van der Waals surface area contributed by atoms with E-state index in [1.807, 2.05) is 60.7 Å². The summed E-state index contributed by atoms with van der Waals surface area (Å²) in [7, 11) is 0. The number of carbonyl (C=O) groups is 1. The van der Waals surface area contributed by atoms with Crippen LogP contribution in [-0.2, 0) is 37.0 Å². The Morgan fingerprint density at radius 2 is 1.62 bits per heavy atom. The van der Waals surface area contributed by atoms with Gasteiger partial charge in [-0.25, -0.2) is 0 Å². The first-order valence-electron chi connectivity index (χ1n) is 10.4. The van der Waals surface area contributed by atoms with Gasteiger partial charge in [0.2, 0.25) is 0 Å². The minimum absolute atomic E-state index is 0.105. The summed E-state index contributed by atoms with van der Waals surface area (Å²) in [5.74, 6) is 0.471. The summed E-state index contributed by atoms with van der Waals surface area (Å²) in [6.07, 6.45) is -0.392. The van der Waals surface area contributed by atoms with Gasteiger partial charge in [-0.05, 0) is 17.0 Å². The van der Waals surface area contributed by atoms with Crippen LogP contribution < -0.4 is 0 Å². The Balaban J connectivity index is 1.30. The molecule has 152 valence electrons. The fourth-order valence-corrected chi connectivity index (χ4v) is 4.92. The summed E-state index contributed by atoms with van der Waals surface area (Å²) in [6, 6.07) is 20.1. The minimum Gasteiger partial charge on any atom is -0.374 e. The Bertz CT molecular complexity index is 824. The molecule has 0 bridgehead atoms. The molecule has 0 radical (unpaired) electrons. The van der Waals surface area contributed by atoms with E-state index in [2.05, 4.69) is 0 Å². The van der Waals surface area contributed by atoms with E-state index in [1.54, 1.807) is 0 Å². The van der Waals surface area contributed by atoms with Gasteiger partial charge in [-0.1, -0.05) is 60.7 Å². The second-order valence-corrected chi connectivity index (χ2v) is 8.17. The summed E-state index contributed by atoms with van der Waals surface area (Å²) < 4.78 is 24.4. The third-order valence-electron chi connectivity index (χ3n) is 6.29. The molecule has 0 spiro atoms. The molecule has 0 amide bonds. The molecule has 1 saturated carbocycles. The monoisotopic (exact) mass is 394 g/mol. The van der Waals surface area contributed by atoms with E-state index in [0.717, 1.165) is 11.1 Å². The van der Waals surface area contributed by atoms with E-state index in [9.17, 15) is 4.79 Å². The number of Topliss-reactive ketones (excluding diaryl/α,β-unsaturated/α-hetero) is 1. The van der Waals surface area contributed by atoms with Crippen LogP contribution in [0.4, 0.5) is 0 Å². The molecular formula is C24H26O5. The average molecular weight is 394 g/mol. The molecule has 6 atom stereocenters. The van der Waals surface area contributed by atoms with Crippen LogP contribution in [0.25, 0.3) is 0 Å². The summed E-state index contributed by atoms with van der Waals surface area (Å²) >= 11 is 0. The van der Waals surface area contributed by atoms with E-state index in [-0.39, 0.29) is 42.0 Å². The van der Waals surface area contributed by atoms with Crippen molar-refractivity contribution in [3.63, 3.8) is 0 Å². The van der Waals surface area contributed by atoms with Gasteiger partial charge < -0.3 is 18.9 Å². The van der Waals surface area contributed by atoms with E-state index in [0.29, 0.717) is 32.8 Å². The van der Waals surface area contributed by atoms with Crippen molar-refractivity contribution in [1.82, 2.24) is 0 Å². The summed E-state index contributed by atoms with van der Waals surface area (Å²) in [5.41, 5.74) is 2.19. The highest BCUT2D eigenvalue weighted by Crippen LogP contribution is 2.49. The van der Waals surface area contributed by atoms with E-state index < -0.39 is 0 Å². The third-order valence-corrected chi connectivity index (χ3v) is 6.29. The highest BCUT2D eigenvalue weighted by molar-refractivity contribution is 5.85. The lowest BCUT2D eigenvalue weighted by molar-refractivity contribution is -0.255. The zero-order valence-corrected chi connectivity index (χ0v) is 16.3. The lowest BCUT2D eigenvalue weighted by atomic mass is 9.82. The van der Waals surface area contributed by atoms with Crippen molar-refractivity contribution in [3.05, 3.63) is 71.8 Å². The highest BCUT2D eigenvalue weighted by atomic mass is 16.7. The number of ether oxygens (including phenoxy) is 4. The molecule has 5 heteroatoms. The first-order valence-corrected chi connectivity index (χ1v) is 10.4. The van der Waals surface area contributed by atoms with E-state index in [1.165, 1.54) is 0 Å². The standard InChI is InChI=1S/C24H26O5/c25-19-11-18-14-28-24-21(18)22(19)23(27-13-17-9-5-2-6-10-17)20(29-24)15-26-12-16-7-3-1-4-8-16/h1-10,18,20-24H,11-15H2/t18-,20+,21+,22-,23+,24-/m0/s1. The van der Waals surface area contributed by atoms with Crippen LogP contribution in [0, 0.1) is 17.8 Å². The first kappa shape index (κ1) is 18.9. The van der Waals surface area contributed by atoms with Crippen molar-refractivity contribution < 1.29 is 23.7 Å². The van der Waals surface area contributed by atoms with Crippen molar-refractivity contribution in [3.8, 4) is 0 Å². The summed E-state index contributed by atoms with van der Waals surface area (Å²) in [4.78, 5) is 12.8. The number of hydrogen-bond donors (Lipinski definition) is 0. The maximum absolute atomic E-state index is 12.8. The molecule has 2 aromatic rings. The van der Waals surface area contributed by atoms with Crippen LogP contribution in [0.5, 0.6) is 0 Å². The van der Waals surface area contributed by atoms with E-state index >= 15 is 0 Å². The van der Waals surface area contributed by atoms with Gasteiger partial charge in [0.1, 0.15) is 11.9 Å². The van der Waals surface area contributed by atoms with Crippen molar-refractivity contribution in [2.24, 2.45) is 17.8 Å². The van der Waals surface area contributed by atoms with Crippen molar-refractivity contribution in [2.45, 2.75) is 38.1 Å². The Morgan fingerprint density at radius 3 is 2.34 bits per heavy atom. The molecule has 2 aromatic carbocycles. The number of rotatable bonds is 7. The molecule has 2 saturated heterocycles. The fourth-order valence-electron chi connectivity index (χ4n) is 4.92. The van der Waals surface area contributed by atoms with Crippen LogP contribution in [0.3, 0.4) is 0 Å². The fraction of sp³-hybridized carbons (Fsp3) is 0.458. The number of ketones is 1. The van der Waals surface area contributed by atoms with Gasteiger partial charge in [-0.15, -0.1) is 0 Å². The zero-order chi connectivity index (χ0) is 19.6. The molecule has 1 aliphatic carbocycles. The highest BCUT2D eigenvalue weighted by Gasteiger charge is 2.59. The summed E-state index contributed by atoms with van der Waals surface area (Å²) in [5, 5.41) is 0. The molecule has 5 rings (SSSR count). The van der Waals surface area contributed by atoms with Gasteiger partial charge in [-0.2, -0.15) is 0 Å². The van der Waals surface area contributed by atoms with Crippen LogP contribution >= 0.6 is 0 Å². The maximum atomic E-state index is 12.8. The van der Waals surface area contributed by atoms with Crippen LogP contribution in [0.2, 0.25) is 0 Å². The molecule has 3 fully saturated rings. The lowest BCUT2D eigenvalue weighted by Crippen LogP contribution is -2.53. The molecule has 3 aliphatic rings. The van der Waals surface area contributed by atoms with Crippen molar-refractivity contribution in [2.75, 3.05) is 13.2 Å². The van der Waals surface area contributed by atoms with Gasteiger partial charge in [0.25, 0.3) is 0 Å². The predicted octanol–water partition coefficient (Wildman–Crippen LogP) is 3.37. The number of benzene rings is 2. The predicted molar refractivity (Wildman–Crippen MR) is 106 cm³/mol. The van der Waals surface area contributed by atoms with Gasteiger partial charge in [0.05, 0.1) is 38.4 Å². The quantitative estimate of drug-likeness (QED) is 0.721. The maximum Gasteiger partial charge on any atom is 0.162 e. The normalized spacial score (nSPS) is 33.0. The average Bonchev–Trinajstić information content (AvgIpc) is 3.30. The van der Waals surface area contributed by atoms with Crippen LogP contribution in [0.15, 0.2) is 60.7 Å². The van der Waals surface area contributed by atoms with Crippen molar-refractivity contribution in [1.29, 1.82) is 0 Å². The largest absolute Gasteiger partial charge is 0.374 e. The SMILES string of the molecule is O=C1C[C@H]2CO[C@H]3O[C@H](COCc4ccccc4)[C@@H](OCc4ccccc4)[C@@H]1[C@@H]23. The molecule has 0 N–H and O–H groups in total.